The molecule has 0 N–H and O–H groups in total. The third kappa shape index (κ3) is 1.97. The number of anilines is 2. The van der Waals surface area contributed by atoms with E-state index in [1.54, 1.807) is 36.4 Å². The molecule has 4 rings (SSSR count). The Labute approximate surface area is 140 Å². The van der Waals surface area contributed by atoms with Gasteiger partial charge in [0.2, 0.25) is 5.91 Å². The number of rotatable bonds is 2. The predicted octanol–water partition coefficient (Wildman–Crippen LogP) is 3.51. The number of carbonyl (C=O) groups excluding carboxylic acids is 2. The first-order valence-electron chi connectivity index (χ1n) is 8.16. The zero-order valence-electron chi connectivity index (χ0n) is 13.5. The van der Waals surface area contributed by atoms with E-state index in [2.05, 4.69) is 4.98 Å². The summed E-state index contributed by atoms with van der Waals surface area (Å²) >= 11 is 0. The minimum Gasteiger partial charge on any atom is -0.497 e. The van der Waals surface area contributed by atoms with E-state index in [9.17, 15) is 9.59 Å². The van der Waals surface area contributed by atoms with Crippen LogP contribution in [0.5, 0.6) is 5.75 Å². The zero-order chi connectivity index (χ0) is 16.7. The molecular formula is C19H18N2O3. The molecule has 1 aliphatic heterocycles. The molecule has 0 radical (unpaired) electrons. The van der Waals surface area contributed by atoms with Gasteiger partial charge in [0, 0.05) is 12.3 Å². The number of pyridine rings is 1. The monoisotopic (exact) mass is 322 g/mol. The summed E-state index contributed by atoms with van der Waals surface area (Å²) in [6.07, 6.45) is 4.64. The number of Topliss-reactive ketones (excluding diaryl/α,β-unsaturated/α-hetero) is 1. The van der Waals surface area contributed by atoms with Crippen molar-refractivity contribution in [3.05, 3.63) is 48.2 Å². The van der Waals surface area contributed by atoms with Crippen molar-refractivity contribution in [3.8, 4) is 5.75 Å². The van der Waals surface area contributed by atoms with E-state index in [0.29, 0.717) is 35.7 Å². The Kier molecular flexibility index (Phi) is 3.37. The third-order valence-corrected chi connectivity index (χ3v) is 5.06. The first kappa shape index (κ1) is 14.9. The summed E-state index contributed by atoms with van der Waals surface area (Å²) in [5, 5.41) is 0. The fourth-order valence-electron chi connectivity index (χ4n) is 3.83. The lowest BCUT2D eigenvalue weighted by Gasteiger charge is -2.38. The molecule has 5 nitrogen and oxygen atoms in total. The van der Waals surface area contributed by atoms with E-state index < -0.39 is 5.41 Å². The molecule has 1 spiro atoms. The number of aromatic nitrogens is 1. The standard InChI is InChI=1S/C19H18N2O3/c1-24-14-7-4-6-13(12-14)21-17-15(8-5-11-20-17)16(22)19(18(21)23)9-2-3-10-19/h4-8,11-12H,2-3,9-10H2,1H3. The van der Waals surface area contributed by atoms with Crippen LogP contribution in [0.25, 0.3) is 0 Å². The molecule has 1 aromatic carbocycles. The van der Waals surface area contributed by atoms with Gasteiger partial charge in [0.1, 0.15) is 11.2 Å². The van der Waals surface area contributed by atoms with Crippen molar-refractivity contribution < 1.29 is 14.3 Å². The van der Waals surface area contributed by atoms with Crippen molar-refractivity contribution in [3.63, 3.8) is 0 Å². The first-order chi connectivity index (χ1) is 11.7. The van der Waals surface area contributed by atoms with Gasteiger partial charge in [-0.15, -0.1) is 0 Å². The van der Waals surface area contributed by atoms with E-state index in [4.69, 9.17) is 4.74 Å². The Morgan fingerprint density at radius 1 is 1.12 bits per heavy atom. The highest BCUT2D eigenvalue weighted by Crippen LogP contribution is 2.49. The largest absolute Gasteiger partial charge is 0.497 e. The molecule has 1 fully saturated rings. The molecule has 2 heterocycles. The van der Waals surface area contributed by atoms with Crippen LogP contribution in [0.2, 0.25) is 0 Å². The Bertz CT molecular complexity index is 825. The molecule has 122 valence electrons. The van der Waals surface area contributed by atoms with Crippen molar-refractivity contribution in [2.24, 2.45) is 5.41 Å². The van der Waals surface area contributed by atoms with Crippen molar-refractivity contribution in [2.45, 2.75) is 25.7 Å². The summed E-state index contributed by atoms with van der Waals surface area (Å²) in [4.78, 5) is 32.3. The number of ketones is 1. The topological polar surface area (TPSA) is 59.5 Å². The molecule has 5 heteroatoms. The van der Waals surface area contributed by atoms with Crippen LogP contribution in [0, 0.1) is 5.41 Å². The van der Waals surface area contributed by atoms with Crippen molar-refractivity contribution >= 4 is 23.2 Å². The van der Waals surface area contributed by atoms with Crippen LogP contribution in [0.15, 0.2) is 42.6 Å². The van der Waals surface area contributed by atoms with Gasteiger partial charge in [-0.25, -0.2) is 4.98 Å². The fraction of sp³-hybridized carbons (Fsp3) is 0.316. The van der Waals surface area contributed by atoms with Gasteiger partial charge < -0.3 is 4.74 Å². The highest BCUT2D eigenvalue weighted by atomic mass is 16.5. The van der Waals surface area contributed by atoms with Crippen molar-refractivity contribution in [1.82, 2.24) is 4.98 Å². The lowest BCUT2D eigenvalue weighted by Crippen LogP contribution is -2.50. The number of hydrogen-bond acceptors (Lipinski definition) is 4. The SMILES string of the molecule is COc1cccc(N2C(=O)C3(CCCC3)C(=O)c3cccnc32)c1. The average molecular weight is 322 g/mol. The number of methoxy groups -OCH3 is 1. The third-order valence-electron chi connectivity index (χ3n) is 5.06. The smallest absolute Gasteiger partial charge is 0.246 e. The summed E-state index contributed by atoms with van der Waals surface area (Å²) in [6.45, 7) is 0. The van der Waals surface area contributed by atoms with Gasteiger partial charge >= 0.3 is 0 Å². The maximum atomic E-state index is 13.3. The summed E-state index contributed by atoms with van der Waals surface area (Å²) in [6, 6.07) is 10.8. The van der Waals surface area contributed by atoms with Crippen LogP contribution in [-0.2, 0) is 4.79 Å². The van der Waals surface area contributed by atoms with Gasteiger partial charge in [-0.1, -0.05) is 18.9 Å². The maximum absolute atomic E-state index is 13.3. The Morgan fingerprint density at radius 2 is 1.92 bits per heavy atom. The van der Waals surface area contributed by atoms with Crippen LogP contribution in [0.3, 0.4) is 0 Å². The molecule has 0 saturated heterocycles. The highest BCUT2D eigenvalue weighted by Gasteiger charge is 2.54. The van der Waals surface area contributed by atoms with E-state index in [0.717, 1.165) is 12.8 Å². The van der Waals surface area contributed by atoms with E-state index in [1.807, 2.05) is 18.2 Å². The second-order valence-electron chi connectivity index (χ2n) is 6.33. The number of benzene rings is 1. The lowest BCUT2D eigenvalue weighted by atomic mass is 9.75. The Balaban J connectivity index is 1.93. The van der Waals surface area contributed by atoms with Gasteiger partial charge in [0.05, 0.1) is 18.4 Å². The molecule has 2 aromatic rings. The molecular weight excluding hydrogens is 304 g/mol. The number of amides is 1. The van der Waals surface area contributed by atoms with Gasteiger partial charge in [-0.2, -0.15) is 0 Å². The van der Waals surface area contributed by atoms with Crippen LogP contribution >= 0.6 is 0 Å². The molecule has 0 unspecified atom stereocenters. The fourth-order valence-corrected chi connectivity index (χ4v) is 3.83. The lowest BCUT2D eigenvalue weighted by molar-refractivity contribution is -0.125. The summed E-state index contributed by atoms with van der Waals surface area (Å²) < 4.78 is 5.28. The number of hydrogen-bond donors (Lipinski definition) is 0. The van der Waals surface area contributed by atoms with Crippen LogP contribution in [0.1, 0.15) is 36.0 Å². The number of fused-ring (bicyclic) bond motifs is 1. The van der Waals surface area contributed by atoms with E-state index in [1.165, 1.54) is 0 Å². The van der Waals surface area contributed by atoms with E-state index >= 15 is 0 Å². The molecule has 1 saturated carbocycles. The van der Waals surface area contributed by atoms with Gasteiger partial charge in [-0.3, -0.25) is 14.5 Å². The molecule has 1 amide bonds. The van der Waals surface area contributed by atoms with Crippen molar-refractivity contribution in [2.75, 3.05) is 12.0 Å². The maximum Gasteiger partial charge on any atom is 0.246 e. The minimum absolute atomic E-state index is 0.0766. The number of nitrogens with zero attached hydrogens (tertiary/aromatic N) is 2. The molecule has 2 aliphatic rings. The predicted molar refractivity (Wildman–Crippen MR) is 89.6 cm³/mol. The number of carbonyl (C=O) groups is 2. The summed E-state index contributed by atoms with van der Waals surface area (Å²) in [7, 11) is 1.59. The molecule has 0 atom stereocenters. The van der Waals surface area contributed by atoms with Crippen molar-refractivity contribution in [1.29, 1.82) is 0 Å². The minimum atomic E-state index is -0.931. The zero-order valence-corrected chi connectivity index (χ0v) is 13.5. The van der Waals surface area contributed by atoms with E-state index in [-0.39, 0.29) is 11.7 Å². The Morgan fingerprint density at radius 3 is 2.67 bits per heavy atom. The Hall–Kier alpha value is -2.69. The molecule has 1 aromatic heterocycles. The number of ether oxygens (including phenoxy) is 1. The van der Waals surface area contributed by atoms with Gasteiger partial charge in [0.15, 0.2) is 11.6 Å². The summed E-state index contributed by atoms with van der Waals surface area (Å²) in [5.41, 5.74) is 0.277. The normalized spacial score (nSPS) is 18.8. The molecule has 0 bridgehead atoms. The van der Waals surface area contributed by atoms with Gasteiger partial charge in [0.25, 0.3) is 0 Å². The molecule has 24 heavy (non-hydrogen) atoms. The second-order valence-corrected chi connectivity index (χ2v) is 6.33. The quantitative estimate of drug-likeness (QED) is 0.794. The first-order valence-corrected chi connectivity index (χ1v) is 8.16. The van der Waals surface area contributed by atoms with Gasteiger partial charge in [-0.05, 0) is 37.1 Å². The molecule has 1 aliphatic carbocycles. The second kappa shape index (κ2) is 5.44. The summed E-state index contributed by atoms with van der Waals surface area (Å²) in [5.74, 6) is 0.838. The highest BCUT2D eigenvalue weighted by molar-refractivity contribution is 6.26. The average Bonchev–Trinajstić information content (AvgIpc) is 3.12. The van der Waals surface area contributed by atoms with Crippen LogP contribution in [0.4, 0.5) is 11.5 Å². The van der Waals surface area contributed by atoms with Crippen LogP contribution < -0.4 is 9.64 Å². The van der Waals surface area contributed by atoms with Crippen LogP contribution in [-0.4, -0.2) is 23.8 Å².